The van der Waals surface area contributed by atoms with Gasteiger partial charge >= 0.3 is 0 Å². The monoisotopic (exact) mass is 272 g/mol. The molecule has 1 aliphatic rings. The number of carbonyl (C=O) groups is 1. The molecule has 0 saturated heterocycles. The number of amides is 1. The highest BCUT2D eigenvalue weighted by Crippen LogP contribution is 2.18. The van der Waals surface area contributed by atoms with Gasteiger partial charge in [-0.3, -0.25) is 4.79 Å². The molecular formula is C15H20N4O. The van der Waals surface area contributed by atoms with Crippen molar-refractivity contribution in [3.05, 3.63) is 29.2 Å². The second-order valence-electron chi connectivity index (χ2n) is 5.62. The number of nitrogens with zero attached hydrogens (tertiary/aromatic N) is 3. The molecule has 0 bridgehead atoms. The molecule has 1 aliphatic carbocycles. The minimum absolute atomic E-state index is 0.0306. The molecule has 20 heavy (non-hydrogen) atoms. The summed E-state index contributed by atoms with van der Waals surface area (Å²) in [6.07, 6.45) is 7.53. The molecule has 5 heteroatoms. The lowest BCUT2D eigenvalue weighted by Gasteiger charge is -2.23. The quantitative estimate of drug-likeness (QED) is 0.913. The Morgan fingerprint density at radius 3 is 2.80 bits per heavy atom. The first-order valence-electron chi connectivity index (χ1n) is 7.28. The van der Waals surface area contributed by atoms with E-state index in [2.05, 4.69) is 15.4 Å². The fourth-order valence-electron chi connectivity index (χ4n) is 2.90. The van der Waals surface area contributed by atoms with E-state index in [0.29, 0.717) is 11.6 Å². The second kappa shape index (κ2) is 5.23. The average Bonchev–Trinajstić information content (AvgIpc) is 2.82. The van der Waals surface area contributed by atoms with Gasteiger partial charge in [0.15, 0.2) is 5.65 Å². The lowest BCUT2D eigenvalue weighted by Crippen LogP contribution is -2.36. The van der Waals surface area contributed by atoms with Gasteiger partial charge in [0.2, 0.25) is 0 Å². The summed E-state index contributed by atoms with van der Waals surface area (Å²) in [6, 6.07) is 2.22. The first kappa shape index (κ1) is 13.1. The van der Waals surface area contributed by atoms with Crippen molar-refractivity contribution < 1.29 is 4.79 Å². The number of hydrogen-bond donors (Lipinski definition) is 1. The van der Waals surface area contributed by atoms with Gasteiger partial charge in [0, 0.05) is 18.3 Å². The normalized spacial score (nSPS) is 16.5. The number of hydrogen-bond acceptors (Lipinski definition) is 3. The summed E-state index contributed by atoms with van der Waals surface area (Å²) in [4.78, 5) is 16.7. The van der Waals surface area contributed by atoms with Gasteiger partial charge in [0.05, 0.1) is 17.0 Å². The molecular weight excluding hydrogens is 252 g/mol. The van der Waals surface area contributed by atoms with E-state index in [9.17, 15) is 4.79 Å². The lowest BCUT2D eigenvalue weighted by molar-refractivity contribution is 0.0926. The van der Waals surface area contributed by atoms with Gasteiger partial charge in [-0.1, -0.05) is 19.3 Å². The maximum atomic E-state index is 12.4. The molecule has 1 saturated carbocycles. The molecule has 2 heterocycles. The van der Waals surface area contributed by atoms with E-state index in [1.165, 1.54) is 19.3 Å². The van der Waals surface area contributed by atoms with E-state index >= 15 is 0 Å². The van der Waals surface area contributed by atoms with Gasteiger partial charge in [0.1, 0.15) is 0 Å². The van der Waals surface area contributed by atoms with Gasteiger partial charge in [-0.05, 0) is 26.7 Å². The summed E-state index contributed by atoms with van der Waals surface area (Å²) < 4.78 is 1.74. The molecule has 1 amide bonds. The highest BCUT2D eigenvalue weighted by atomic mass is 16.1. The van der Waals surface area contributed by atoms with Gasteiger partial charge in [0.25, 0.3) is 5.91 Å². The summed E-state index contributed by atoms with van der Waals surface area (Å²) in [5, 5.41) is 7.50. The summed E-state index contributed by atoms with van der Waals surface area (Å²) in [5.74, 6) is -0.0306. The summed E-state index contributed by atoms with van der Waals surface area (Å²) >= 11 is 0. The third-order valence-corrected chi connectivity index (χ3v) is 4.03. The molecule has 0 aliphatic heterocycles. The first-order valence-corrected chi connectivity index (χ1v) is 7.28. The van der Waals surface area contributed by atoms with E-state index in [0.717, 1.165) is 29.9 Å². The van der Waals surface area contributed by atoms with Crippen molar-refractivity contribution in [3.63, 3.8) is 0 Å². The number of fused-ring (bicyclic) bond motifs is 1. The first-order chi connectivity index (χ1) is 9.65. The highest BCUT2D eigenvalue weighted by Gasteiger charge is 2.19. The Morgan fingerprint density at radius 2 is 2.05 bits per heavy atom. The van der Waals surface area contributed by atoms with Crippen LogP contribution in [0.3, 0.4) is 0 Å². The van der Waals surface area contributed by atoms with E-state index in [4.69, 9.17) is 0 Å². The Balaban J connectivity index is 1.85. The Labute approximate surface area is 118 Å². The fraction of sp³-hybridized carbons (Fsp3) is 0.533. The third kappa shape index (κ3) is 2.40. The molecule has 5 nitrogen and oxygen atoms in total. The molecule has 106 valence electrons. The van der Waals surface area contributed by atoms with Crippen molar-refractivity contribution in [2.45, 2.75) is 52.0 Å². The number of aromatic nitrogens is 3. The van der Waals surface area contributed by atoms with Gasteiger partial charge in [-0.25, -0.2) is 9.50 Å². The number of nitrogens with one attached hydrogen (secondary N) is 1. The zero-order valence-electron chi connectivity index (χ0n) is 12.0. The van der Waals surface area contributed by atoms with Gasteiger partial charge in [-0.2, -0.15) is 5.10 Å². The van der Waals surface area contributed by atoms with Crippen molar-refractivity contribution >= 4 is 11.6 Å². The predicted molar refractivity (Wildman–Crippen MR) is 76.8 cm³/mol. The van der Waals surface area contributed by atoms with Gasteiger partial charge in [-0.15, -0.1) is 0 Å². The van der Waals surface area contributed by atoms with Crippen molar-refractivity contribution in [2.75, 3.05) is 0 Å². The van der Waals surface area contributed by atoms with Crippen LogP contribution in [0, 0.1) is 13.8 Å². The molecule has 2 aromatic rings. The Morgan fingerprint density at radius 1 is 1.30 bits per heavy atom. The van der Waals surface area contributed by atoms with Crippen LogP contribution in [-0.4, -0.2) is 26.5 Å². The standard InChI is InChI=1S/C15H20N4O/c1-10-8-14-16-9-13(11(2)19(14)18-10)15(20)17-12-6-4-3-5-7-12/h8-9,12H,3-7H2,1-2H3,(H,17,20). The topological polar surface area (TPSA) is 59.3 Å². The summed E-state index contributed by atoms with van der Waals surface area (Å²) in [7, 11) is 0. The Kier molecular flexibility index (Phi) is 3.42. The largest absolute Gasteiger partial charge is 0.349 e. The smallest absolute Gasteiger partial charge is 0.254 e. The predicted octanol–water partition coefficient (Wildman–Crippen LogP) is 2.41. The maximum absolute atomic E-state index is 12.4. The minimum atomic E-state index is -0.0306. The van der Waals surface area contributed by atoms with Crippen LogP contribution >= 0.6 is 0 Å². The van der Waals surface area contributed by atoms with Crippen molar-refractivity contribution in [3.8, 4) is 0 Å². The minimum Gasteiger partial charge on any atom is -0.349 e. The van der Waals surface area contributed by atoms with Crippen molar-refractivity contribution in [1.29, 1.82) is 0 Å². The molecule has 0 aromatic carbocycles. The highest BCUT2D eigenvalue weighted by molar-refractivity contribution is 5.95. The molecule has 0 radical (unpaired) electrons. The number of carbonyl (C=O) groups excluding carboxylic acids is 1. The molecule has 0 atom stereocenters. The van der Waals surface area contributed by atoms with Crippen LogP contribution in [0.1, 0.15) is 53.8 Å². The summed E-state index contributed by atoms with van der Waals surface area (Å²) in [5.41, 5.74) is 3.15. The van der Waals surface area contributed by atoms with Gasteiger partial charge < -0.3 is 5.32 Å². The number of aryl methyl sites for hydroxylation is 2. The molecule has 2 aromatic heterocycles. The average molecular weight is 272 g/mol. The van der Waals surface area contributed by atoms with E-state index in [1.54, 1.807) is 10.7 Å². The zero-order valence-corrected chi connectivity index (χ0v) is 12.0. The third-order valence-electron chi connectivity index (χ3n) is 4.03. The van der Waals surface area contributed by atoms with Crippen LogP contribution < -0.4 is 5.32 Å². The molecule has 0 unspecified atom stereocenters. The Bertz CT molecular complexity index is 641. The summed E-state index contributed by atoms with van der Waals surface area (Å²) in [6.45, 7) is 3.84. The maximum Gasteiger partial charge on any atom is 0.254 e. The molecule has 1 N–H and O–H groups in total. The van der Waals surface area contributed by atoms with Crippen LogP contribution in [0.2, 0.25) is 0 Å². The van der Waals surface area contributed by atoms with Crippen LogP contribution in [0.4, 0.5) is 0 Å². The Hall–Kier alpha value is -1.91. The fourth-order valence-corrected chi connectivity index (χ4v) is 2.90. The van der Waals surface area contributed by atoms with Crippen LogP contribution in [0.15, 0.2) is 12.3 Å². The van der Waals surface area contributed by atoms with E-state index in [-0.39, 0.29) is 5.91 Å². The lowest BCUT2D eigenvalue weighted by atomic mass is 9.95. The molecule has 0 spiro atoms. The zero-order chi connectivity index (χ0) is 14.1. The van der Waals surface area contributed by atoms with Crippen molar-refractivity contribution in [1.82, 2.24) is 19.9 Å². The molecule has 1 fully saturated rings. The van der Waals surface area contributed by atoms with Crippen molar-refractivity contribution in [2.24, 2.45) is 0 Å². The second-order valence-corrected chi connectivity index (χ2v) is 5.62. The van der Waals surface area contributed by atoms with Crippen LogP contribution in [-0.2, 0) is 0 Å². The number of rotatable bonds is 2. The van der Waals surface area contributed by atoms with Crippen LogP contribution in [0.5, 0.6) is 0 Å². The van der Waals surface area contributed by atoms with Crippen LogP contribution in [0.25, 0.3) is 5.65 Å². The van der Waals surface area contributed by atoms with E-state index < -0.39 is 0 Å². The SMILES string of the molecule is Cc1cc2ncc(C(=O)NC3CCCCC3)c(C)n2n1. The van der Waals surface area contributed by atoms with E-state index in [1.807, 2.05) is 19.9 Å². The molecule has 3 rings (SSSR count).